The van der Waals surface area contributed by atoms with Gasteiger partial charge in [0.15, 0.2) is 0 Å². The zero-order valence-corrected chi connectivity index (χ0v) is 17.8. The highest BCUT2D eigenvalue weighted by molar-refractivity contribution is 5.87. The van der Waals surface area contributed by atoms with E-state index in [9.17, 15) is 28.0 Å². The van der Waals surface area contributed by atoms with E-state index < -0.39 is 35.9 Å². The zero-order chi connectivity index (χ0) is 23.2. The molecule has 2 amide bonds. The number of nitriles is 1. The van der Waals surface area contributed by atoms with Gasteiger partial charge in [0.25, 0.3) is 0 Å². The molecule has 4 rings (SSSR count). The summed E-state index contributed by atoms with van der Waals surface area (Å²) in [5, 5.41) is 9.20. The van der Waals surface area contributed by atoms with Gasteiger partial charge in [0.1, 0.15) is 6.04 Å². The van der Waals surface area contributed by atoms with Crippen molar-refractivity contribution in [3.05, 3.63) is 35.4 Å². The number of hydrogen-bond donors (Lipinski definition) is 1. The lowest BCUT2D eigenvalue weighted by atomic mass is 9.99. The molecule has 3 heterocycles. The molecule has 3 aliphatic rings. The number of fused-ring (bicyclic) bond motifs is 2. The maximum absolute atomic E-state index is 13.5. The number of benzene rings is 1. The molecule has 0 aliphatic carbocycles. The molecule has 2 N–H and O–H groups in total. The van der Waals surface area contributed by atoms with Gasteiger partial charge < -0.3 is 15.5 Å². The van der Waals surface area contributed by atoms with E-state index in [1.165, 1.54) is 17.0 Å². The molecule has 0 spiro atoms. The number of carbonyl (C=O) groups is 2. The van der Waals surface area contributed by atoms with Gasteiger partial charge in [0, 0.05) is 25.7 Å². The largest absolute Gasteiger partial charge is 0.416 e. The Bertz CT molecular complexity index is 946. The summed E-state index contributed by atoms with van der Waals surface area (Å²) in [6.07, 6.45) is -2.60. The minimum Gasteiger partial charge on any atom is -0.330 e. The van der Waals surface area contributed by atoms with Gasteiger partial charge in [-0.05, 0) is 37.8 Å². The lowest BCUT2D eigenvalue weighted by molar-refractivity contribution is -0.143. The van der Waals surface area contributed by atoms with Gasteiger partial charge in [-0.3, -0.25) is 14.5 Å². The summed E-state index contributed by atoms with van der Waals surface area (Å²) in [4.78, 5) is 30.7. The second-order valence-corrected chi connectivity index (χ2v) is 8.79. The van der Waals surface area contributed by atoms with Crippen molar-refractivity contribution in [1.82, 2.24) is 14.7 Å². The van der Waals surface area contributed by atoms with Crippen LogP contribution in [-0.4, -0.2) is 70.3 Å². The average Bonchev–Trinajstić information content (AvgIpc) is 3.46. The van der Waals surface area contributed by atoms with Crippen LogP contribution >= 0.6 is 0 Å². The zero-order valence-electron chi connectivity index (χ0n) is 17.8. The van der Waals surface area contributed by atoms with E-state index in [1.807, 2.05) is 4.90 Å². The highest BCUT2D eigenvalue weighted by atomic mass is 19.4. The van der Waals surface area contributed by atoms with Crippen LogP contribution in [0.4, 0.5) is 13.2 Å². The summed E-state index contributed by atoms with van der Waals surface area (Å²) in [6, 6.07) is 4.70. The number of amides is 2. The van der Waals surface area contributed by atoms with Crippen LogP contribution in [0.3, 0.4) is 0 Å². The molecule has 1 aromatic carbocycles. The third kappa shape index (κ3) is 3.84. The third-order valence-electron chi connectivity index (χ3n) is 6.88. The van der Waals surface area contributed by atoms with Crippen molar-refractivity contribution < 1.29 is 22.8 Å². The normalized spacial score (nSPS) is 27.6. The Balaban J connectivity index is 1.44. The van der Waals surface area contributed by atoms with Gasteiger partial charge in [0.05, 0.1) is 29.8 Å². The highest BCUT2D eigenvalue weighted by Crippen LogP contribution is 2.41. The van der Waals surface area contributed by atoms with Crippen LogP contribution in [0, 0.1) is 11.3 Å². The molecule has 10 heteroatoms. The van der Waals surface area contributed by atoms with Gasteiger partial charge in [0.2, 0.25) is 11.8 Å². The molecule has 32 heavy (non-hydrogen) atoms. The number of nitrogens with two attached hydrogens (primary N) is 1. The fourth-order valence-electron chi connectivity index (χ4n) is 5.38. The van der Waals surface area contributed by atoms with Crippen molar-refractivity contribution in [3.8, 4) is 6.07 Å². The Morgan fingerprint density at radius 2 is 2.06 bits per heavy atom. The standard InChI is InChI=1S/C22H26F3N5O2/c1-13(16-6-2-3-7-17(16)22(23,24)25)30-15-9-19(21(30)32)28(11-15)12-18(27)20(31)29-8-4-5-14(29)10-26/h2-3,6-7,13-15,18-19H,4-5,8-9,11-12,27H2,1H3/t13-,14-,15?,18-,19+/m0/s1. The molecule has 0 radical (unpaired) electrons. The van der Waals surface area contributed by atoms with E-state index in [1.54, 1.807) is 17.9 Å². The van der Waals surface area contributed by atoms with Gasteiger partial charge in [-0.25, -0.2) is 0 Å². The Morgan fingerprint density at radius 1 is 1.34 bits per heavy atom. The summed E-state index contributed by atoms with van der Waals surface area (Å²) in [5.74, 6) is -0.532. The van der Waals surface area contributed by atoms with Crippen LogP contribution in [0.25, 0.3) is 0 Å². The molecule has 3 aliphatic heterocycles. The Morgan fingerprint density at radius 3 is 2.72 bits per heavy atom. The van der Waals surface area contributed by atoms with E-state index in [2.05, 4.69) is 6.07 Å². The van der Waals surface area contributed by atoms with Gasteiger partial charge >= 0.3 is 6.18 Å². The number of nitrogens with zero attached hydrogens (tertiary/aromatic N) is 4. The van der Waals surface area contributed by atoms with Crippen molar-refractivity contribution in [2.45, 2.75) is 62.6 Å². The summed E-state index contributed by atoms with van der Waals surface area (Å²) in [6.45, 7) is 2.76. The van der Waals surface area contributed by atoms with Crippen molar-refractivity contribution in [2.75, 3.05) is 19.6 Å². The molecule has 7 nitrogen and oxygen atoms in total. The lowest BCUT2D eigenvalue weighted by Gasteiger charge is -2.39. The van der Waals surface area contributed by atoms with Crippen LogP contribution in [0.15, 0.2) is 24.3 Å². The van der Waals surface area contributed by atoms with Gasteiger partial charge in [-0.15, -0.1) is 0 Å². The first-order valence-corrected chi connectivity index (χ1v) is 10.8. The van der Waals surface area contributed by atoms with Crippen LogP contribution in [0.2, 0.25) is 0 Å². The monoisotopic (exact) mass is 449 g/mol. The summed E-state index contributed by atoms with van der Waals surface area (Å²) in [5.41, 5.74) is 5.48. The van der Waals surface area contributed by atoms with Crippen LogP contribution in [-0.2, 0) is 15.8 Å². The topological polar surface area (TPSA) is 93.7 Å². The Kier molecular flexibility index (Phi) is 5.90. The highest BCUT2D eigenvalue weighted by Gasteiger charge is 2.52. The summed E-state index contributed by atoms with van der Waals surface area (Å²) < 4.78 is 40.4. The molecular formula is C22H26F3N5O2. The Labute approximate surface area is 184 Å². The van der Waals surface area contributed by atoms with Crippen molar-refractivity contribution in [2.24, 2.45) is 5.73 Å². The number of halogens is 3. The molecular weight excluding hydrogens is 423 g/mol. The quantitative estimate of drug-likeness (QED) is 0.741. The predicted molar refractivity (Wildman–Crippen MR) is 109 cm³/mol. The minimum absolute atomic E-state index is 0.0795. The van der Waals surface area contributed by atoms with E-state index in [-0.39, 0.29) is 30.0 Å². The van der Waals surface area contributed by atoms with E-state index in [0.29, 0.717) is 25.9 Å². The average molecular weight is 449 g/mol. The van der Waals surface area contributed by atoms with Crippen LogP contribution in [0.5, 0.6) is 0 Å². The molecule has 172 valence electrons. The van der Waals surface area contributed by atoms with Crippen LogP contribution < -0.4 is 5.73 Å². The number of alkyl halides is 3. The fraction of sp³-hybridized carbons (Fsp3) is 0.591. The van der Waals surface area contributed by atoms with E-state index in [4.69, 9.17) is 5.73 Å². The first-order valence-electron chi connectivity index (χ1n) is 10.8. The summed E-state index contributed by atoms with van der Waals surface area (Å²) in [7, 11) is 0. The van der Waals surface area contributed by atoms with Crippen molar-refractivity contribution in [3.63, 3.8) is 0 Å². The molecule has 3 fully saturated rings. The van der Waals surface area contributed by atoms with Crippen LogP contribution in [0.1, 0.15) is 43.4 Å². The second kappa shape index (κ2) is 8.37. The number of rotatable bonds is 5. The minimum atomic E-state index is -4.50. The Hall–Kier alpha value is -2.64. The fourth-order valence-corrected chi connectivity index (χ4v) is 5.38. The third-order valence-corrected chi connectivity index (χ3v) is 6.88. The second-order valence-electron chi connectivity index (χ2n) is 8.79. The first kappa shape index (κ1) is 22.6. The molecule has 1 unspecified atom stereocenters. The number of carbonyl (C=O) groups excluding carboxylic acids is 2. The maximum Gasteiger partial charge on any atom is 0.416 e. The molecule has 1 aromatic rings. The van der Waals surface area contributed by atoms with Gasteiger partial charge in [-0.2, -0.15) is 18.4 Å². The number of hydrogen-bond acceptors (Lipinski definition) is 5. The van der Waals surface area contributed by atoms with Crippen molar-refractivity contribution in [1.29, 1.82) is 5.26 Å². The predicted octanol–water partition coefficient (Wildman–Crippen LogP) is 1.89. The van der Waals surface area contributed by atoms with E-state index in [0.717, 1.165) is 12.5 Å². The molecule has 0 saturated carbocycles. The number of piperazine rings is 1. The molecule has 3 saturated heterocycles. The van der Waals surface area contributed by atoms with Gasteiger partial charge in [-0.1, -0.05) is 18.2 Å². The van der Waals surface area contributed by atoms with Crippen molar-refractivity contribution >= 4 is 11.8 Å². The number of likely N-dealkylation sites (tertiary alicyclic amines) is 3. The summed E-state index contributed by atoms with van der Waals surface area (Å²) >= 11 is 0. The lowest BCUT2D eigenvalue weighted by Crippen LogP contribution is -2.56. The first-order chi connectivity index (χ1) is 15.1. The molecule has 2 bridgehead atoms. The maximum atomic E-state index is 13.5. The smallest absolute Gasteiger partial charge is 0.330 e. The van der Waals surface area contributed by atoms with E-state index >= 15 is 0 Å². The SMILES string of the molecule is C[C@@H](c1ccccc1C(F)(F)F)N1C(=O)[C@H]2CC1CN2C[C@H](N)C(=O)N1CCC[C@H]1C#N. The molecule has 5 atom stereocenters. The molecule has 0 aromatic heterocycles.